The van der Waals surface area contributed by atoms with Crippen molar-refractivity contribution >= 4 is 28.8 Å². The molecular weight excluding hydrogens is 310 g/mol. The van der Waals surface area contributed by atoms with Crippen LogP contribution >= 0.6 is 22.9 Å². The summed E-state index contributed by atoms with van der Waals surface area (Å²) in [4.78, 5) is 11.9. The lowest BCUT2D eigenvalue weighted by Crippen LogP contribution is -2.29. The van der Waals surface area contributed by atoms with Gasteiger partial charge in [-0.05, 0) is 40.6 Å². The van der Waals surface area contributed by atoms with Gasteiger partial charge in [0.2, 0.25) is 5.91 Å². The molecule has 1 heterocycles. The van der Waals surface area contributed by atoms with E-state index in [1.54, 1.807) is 25.3 Å². The van der Waals surface area contributed by atoms with Crippen molar-refractivity contribution in [1.29, 1.82) is 0 Å². The molecule has 1 unspecified atom stereocenters. The van der Waals surface area contributed by atoms with E-state index in [0.29, 0.717) is 16.3 Å². The van der Waals surface area contributed by atoms with E-state index in [1.165, 1.54) is 11.3 Å². The SMILES string of the molecule is COc1ccc(Cl)cc1CC(=O)NCC(O)c1ccsc1. The third kappa shape index (κ3) is 4.46. The van der Waals surface area contributed by atoms with Gasteiger partial charge in [-0.1, -0.05) is 11.6 Å². The van der Waals surface area contributed by atoms with Gasteiger partial charge < -0.3 is 15.2 Å². The summed E-state index contributed by atoms with van der Waals surface area (Å²) in [6.07, 6.45) is -0.540. The quantitative estimate of drug-likeness (QED) is 0.858. The summed E-state index contributed by atoms with van der Waals surface area (Å²) in [5.74, 6) is 0.428. The summed E-state index contributed by atoms with van der Waals surface area (Å²) in [6, 6.07) is 6.98. The van der Waals surface area contributed by atoms with Gasteiger partial charge in [0.1, 0.15) is 5.75 Å². The second-order valence-corrected chi connectivity index (χ2v) is 5.73. The van der Waals surface area contributed by atoms with Crippen LogP contribution < -0.4 is 10.1 Å². The van der Waals surface area contributed by atoms with Gasteiger partial charge in [0.05, 0.1) is 19.6 Å². The number of amides is 1. The van der Waals surface area contributed by atoms with E-state index in [9.17, 15) is 9.90 Å². The summed E-state index contributed by atoms with van der Waals surface area (Å²) < 4.78 is 5.20. The van der Waals surface area contributed by atoms with E-state index < -0.39 is 6.10 Å². The van der Waals surface area contributed by atoms with Crippen molar-refractivity contribution < 1.29 is 14.6 Å². The fourth-order valence-electron chi connectivity index (χ4n) is 1.91. The summed E-state index contributed by atoms with van der Waals surface area (Å²) in [6.45, 7) is 0.179. The Morgan fingerprint density at radius 2 is 2.29 bits per heavy atom. The zero-order valence-corrected chi connectivity index (χ0v) is 13.1. The maximum atomic E-state index is 11.9. The van der Waals surface area contributed by atoms with Crippen molar-refractivity contribution in [3.8, 4) is 5.75 Å². The number of rotatable bonds is 6. The average Bonchev–Trinajstić information content (AvgIpc) is 2.99. The number of hydrogen-bond acceptors (Lipinski definition) is 4. The predicted molar refractivity (Wildman–Crippen MR) is 84.0 cm³/mol. The number of ether oxygens (including phenoxy) is 1. The Balaban J connectivity index is 1.91. The highest BCUT2D eigenvalue weighted by Crippen LogP contribution is 2.23. The van der Waals surface area contributed by atoms with Gasteiger partial charge in [-0.15, -0.1) is 0 Å². The Labute approximate surface area is 132 Å². The molecular formula is C15H16ClNO3S. The molecule has 2 rings (SSSR count). The third-order valence-corrected chi connectivity index (χ3v) is 3.95. The highest BCUT2D eigenvalue weighted by atomic mass is 35.5. The fraction of sp³-hybridized carbons (Fsp3) is 0.267. The monoisotopic (exact) mass is 325 g/mol. The van der Waals surface area contributed by atoms with E-state index in [1.807, 2.05) is 16.8 Å². The van der Waals surface area contributed by atoms with Crippen LogP contribution in [-0.2, 0) is 11.2 Å². The summed E-state index contributed by atoms with van der Waals surface area (Å²) in [7, 11) is 1.55. The van der Waals surface area contributed by atoms with Crippen LogP contribution in [-0.4, -0.2) is 24.7 Å². The number of nitrogens with one attached hydrogen (secondary N) is 1. The molecule has 1 atom stereocenters. The normalized spacial score (nSPS) is 12.0. The maximum absolute atomic E-state index is 11.9. The molecule has 0 radical (unpaired) electrons. The van der Waals surface area contributed by atoms with Crippen molar-refractivity contribution in [3.63, 3.8) is 0 Å². The molecule has 2 aromatic rings. The maximum Gasteiger partial charge on any atom is 0.224 e. The van der Waals surface area contributed by atoms with Crippen LogP contribution in [0.25, 0.3) is 0 Å². The average molecular weight is 326 g/mol. The Morgan fingerprint density at radius 3 is 2.95 bits per heavy atom. The number of carbonyl (C=O) groups excluding carboxylic acids is 1. The molecule has 0 saturated heterocycles. The predicted octanol–water partition coefficient (Wildman–Crippen LogP) is 2.80. The molecule has 0 aliphatic heterocycles. The van der Waals surface area contributed by atoms with Crippen LogP contribution in [0.4, 0.5) is 0 Å². The molecule has 1 amide bonds. The lowest BCUT2D eigenvalue weighted by atomic mass is 10.1. The number of hydrogen-bond donors (Lipinski definition) is 2. The van der Waals surface area contributed by atoms with E-state index >= 15 is 0 Å². The van der Waals surface area contributed by atoms with Gasteiger partial charge in [-0.3, -0.25) is 4.79 Å². The topological polar surface area (TPSA) is 58.6 Å². The van der Waals surface area contributed by atoms with E-state index in [0.717, 1.165) is 5.56 Å². The van der Waals surface area contributed by atoms with Crippen LogP contribution in [0.15, 0.2) is 35.0 Å². The number of aliphatic hydroxyl groups is 1. The molecule has 0 bridgehead atoms. The zero-order valence-electron chi connectivity index (χ0n) is 11.5. The largest absolute Gasteiger partial charge is 0.496 e. The second kappa shape index (κ2) is 7.45. The van der Waals surface area contributed by atoms with Gasteiger partial charge in [0.25, 0.3) is 0 Å². The van der Waals surface area contributed by atoms with Crippen LogP contribution in [0, 0.1) is 0 Å². The Morgan fingerprint density at radius 1 is 1.48 bits per heavy atom. The summed E-state index contributed by atoms with van der Waals surface area (Å²) >= 11 is 7.43. The van der Waals surface area contributed by atoms with Crippen molar-refractivity contribution in [3.05, 3.63) is 51.2 Å². The number of carbonyl (C=O) groups is 1. The molecule has 21 heavy (non-hydrogen) atoms. The lowest BCUT2D eigenvalue weighted by molar-refractivity contribution is -0.120. The first-order chi connectivity index (χ1) is 10.1. The van der Waals surface area contributed by atoms with Gasteiger partial charge in [-0.25, -0.2) is 0 Å². The second-order valence-electron chi connectivity index (χ2n) is 4.51. The Kier molecular flexibility index (Phi) is 5.61. The minimum atomic E-state index is -0.693. The molecule has 0 spiro atoms. The minimum Gasteiger partial charge on any atom is -0.496 e. The number of methoxy groups -OCH3 is 1. The van der Waals surface area contributed by atoms with Crippen molar-refractivity contribution in [2.45, 2.75) is 12.5 Å². The molecule has 0 aliphatic carbocycles. The number of benzene rings is 1. The van der Waals surface area contributed by atoms with Crippen molar-refractivity contribution in [2.24, 2.45) is 0 Å². The van der Waals surface area contributed by atoms with Crippen molar-refractivity contribution in [1.82, 2.24) is 5.32 Å². The van der Waals surface area contributed by atoms with E-state index in [-0.39, 0.29) is 18.9 Å². The van der Waals surface area contributed by atoms with Gasteiger partial charge in [0, 0.05) is 17.1 Å². The Hall–Kier alpha value is -1.56. The standard InChI is InChI=1S/C15H16ClNO3S/c1-20-14-3-2-12(16)6-11(14)7-15(19)17-8-13(18)10-4-5-21-9-10/h2-6,9,13,18H,7-8H2,1H3,(H,17,19). The minimum absolute atomic E-state index is 0.153. The number of aliphatic hydroxyl groups excluding tert-OH is 1. The van der Waals surface area contributed by atoms with Gasteiger partial charge in [0.15, 0.2) is 0 Å². The van der Waals surface area contributed by atoms with Crippen LogP contribution in [0.1, 0.15) is 17.2 Å². The molecule has 0 aliphatic rings. The molecule has 0 fully saturated rings. The summed E-state index contributed by atoms with van der Waals surface area (Å²) in [5, 5.41) is 16.9. The first-order valence-corrected chi connectivity index (χ1v) is 7.71. The highest BCUT2D eigenvalue weighted by Gasteiger charge is 2.12. The number of thiophene rings is 1. The van der Waals surface area contributed by atoms with Crippen LogP contribution in [0.2, 0.25) is 5.02 Å². The zero-order chi connectivity index (χ0) is 15.2. The molecule has 4 nitrogen and oxygen atoms in total. The molecule has 6 heteroatoms. The molecule has 1 aromatic carbocycles. The van der Waals surface area contributed by atoms with E-state index in [4.69, 9.17) is 16.3 Å². The van der Waals surface area contributed by atoms with Gasteiger partial charge >= 0.3 is 0 Å². The van der Waals surface area contributed by atoms with Crippen LogP contribution in [0.3, 0.4) is 0 Å². The van der Waals surface area contributed by atoms with Crippen LogP contribution in [0.5, 0.6) is 5.75 Å². The first kappa shape index (κ1) is 15.8. The third-order valence-electron chi connectivity index (χ3n) is 3.01. The first-order valence-electron chi connectivity index (χ1n) is 6.39. The molecule has 0 saturated carbocycles. The molecule has 112 valence electrons. The Bertz CT molecular complexity index is 601. The van der Waals surface area contributed by atoms with Crippen molar-refractivity contribution in [2.75, 3.05) is 13.7 Å². The molecule has 1 aromatic heterocycles. The van der Waals surface area contributed by atoms with E-state index in [2.05, 4.69) is 5.32 Å². The highest BCUT2D eigenvalue weighted by molar-refractivity contribution is 7.07. The lowest BCUT2D eigenvalue weighted by Gasteiger charge is -2.12. The molecule has 2 N–H and O–H groups in total. The number of halogens is 1. The smallest absolute Gasteiger partial charge is 0.224 e. The fourth-order valence-corrected chi connectivity index (χ4v) is 2.82. The summed E-state index contributed by atoms with van der Waals surface area (Å²) in [5.41, 5.74) is 1.52. The van der Waals surface area contributed by atoms with Gasteiger partial charge in [-0.2, -0.15) is 11.3 Å².